The number of nitrogens with zero attached hydrogens (tertiary/aromatic N) is 4. The molecule has 0 saturated carbocycles. The molecule has 0 spiro atoms. The SMILES string of the molecule is C=CCC(F)(C(=C)C)C(C)NS(=O)(=O)C1C=CC(c2c(C#N)c3cc(F)c(C)cc3n2-c2ncc(C(=O)OC)s2)=NC1. The van der Waals surface area contributed by atoms with E-state index in [1.165, 1.54) is 51.4 Å². The van der Waals surface area contributed by atoms with E-state index < -0.39 is 38.8 Å². The maximum absolute atomic E-state index is 15.6. The predicted molar refractivity (Wildman–Crippen MR) is 159 cm³/mol. The number of nitriles is 1. The second-order valence-corrected chi connectivity index (χ2v) is 12.9. The number of carbonyl (C=O) groups is 1. The van der Waals surface area contributed by atoms with Gasteiger partial charge in [-0.15, -0.1) is 6.58 Å². The fraction of sp³-hybridized carbons (Fsp3) is 0.310. The highest BCUT2D eigenvalue weighted by atomic mass is 32.2. The molecular weight excluding hydrogens is 584 g/mol. The number of rotatable bonds is 10. The number of nitrogens with one attached hydrogen (secondary N) is 1. The van der Waals surface area contributed by atoms with Gasteiger partial charge in [0.1, 0.15) is 22.0 Å². The van der Waals surface area contributed by atoms with Crippen molar-refractivity contribution >= 4 is 43.9 Å². The van der Waals surface area contributed by atoms with Gasteiger partial charge in [-0.1, -0.05) is 30.1 Å². The first kappa shape index (κ1) is 31.0. The molecule has 13 heteroatoms. The van der Waals surface area contributed by atoms with Gasteiger partial charge in [-0.3, -0.25) is 9.56 Å². The number of hydrogen-bond donors (Lipinski definition) is 1. The number of alkyl halides is 1. The van der Waals surface area contributed by atoms with Gasteiger partial charge in [-0.25, -0.2) is 31.7 Å². The van der Waals surface area contributed by atoms with Gasteiger partial charge < -0.3 is 4.74 Å². The molecule has 0 aliphatic carbocycles. The third-order valence-electron chi connectivity index (χ3n) is 7.16. The zero-order chi connectivity index (χ0) is 31.0. The zero-order valence-corrected chi connectivity index (χ0v) is 25.1. The number of fused-ring (bicyclic) bond motifs is 1. The van der Waals surface area contributed by atoms with Crippen LogP contribution in [0, 0.1) is 24.1 Å². The molecule has 1 aromatic carbocycles. The van der Waals surface area contributed by atoms with E-state index in [1.807, 2.05) is 0 Å². The summed E-state index contributed by atoms with van der Waals surface area (Å²) in [6, 6.07) is 3.80. The number of hydrogen-bond acceptors (Lipinski definition) is 8. The number of thiazole rings is 1. The Labute approximate surface area is 246 Å². The lowest BCUT2D eigenvalue weighted by atomic mass is 9.88. The quantitative estimate of drug-likeness (QED) is 0.251. The first-order valence-corrected chi connectivity index (χ1v) is 15.1. The lowest BCUT2D eigenvalue weighted by molar-refractivity contribution is 0.0606. The van der Waals surface area contributed by atoms with Crippen molar-refractivity contribution in [1.29, 1.82) is 5.26 Å². The van der Waals surface area contributed by atoms with Crippen molar-refractivity contribution in [3.8, 4) is 11.2 Å². The first-order chi connectivity index (χ1) is 19.8. The molecule has 1 N–H and O–H groups in total. The Morgan fingerprint density at radius 2 is 2.17 bits per heavy atom. The summed E-state index contributed by atoms with van der Waals surface area (Å²) >= 11 is 1.01. The van der Waals surface area contributed by atoms with Gasteiger partial charge in [0.05, 0.1) is 48.4 Å². The third kappa shape index (κ3) is 5.45. The minimum atomic E-state index is -4.09. The van der Waals surface area contributed by atoms with Crippen molar-refractivity contribution in [2.75, 3.05) is 13.7 Å². The zero-order valence-electron chi connectivity index (χ0n) is 23.4. The highest BCUT2D eigenvalue weighted by Crippen LogP contribution is 2.35. The number of sulfonamides is 1. The molecule has 3 atom stereocenters. The number of aryl methyl sites for hydroxylation is 1. The fourth-order valence-electron chi connectivity index (χ4n) is 4.74. The molecule has 3 aromatic rings. The van der Waals surface area contributed by atoms with Crippen molar-refractivity contribution in [3.63, 3.8) is 0 Å². The van der Waals surface area contributed by atoms with Gasteiger partial charge >= 0.3 is 5.97 Å². The molecule has 9 nitrogen and oxygen atoms in total. The van der Waals surface area contributed by atoms with E-state index in [0.717, 1.165) is 11.3 Å². The van der Waals surface area contributed by atoms with Gasteiger partial charge in [0.2, 0.25) is 10.0 Å². The van der Waals surface area contributed by atoms with Gasteiger partial charge in [-0.2, -0.15) is 5.26 Å². The van der Waals surface area contributed by atoms with E-state index in [9.17, 15) is 22.9 Å². The number of aliphatic imine (C=N–C) groups is 1. The van der Waals surface area contributed by atoms with Crippen molar-refractivity contribution < 1.29 is 26.7 Å². The molecule has 0 amide bonds. The Bertz CT molecular complexity index is 1820. The maximum Gasteiger partial charge on any atom is 0.349 e. The van der Waals surface area contributed by atoms with Crippen LogP contribution in [0.5, 0.6) is 0 Å². The monoisotopic (exact) mass is 613 g/mol. The van der Waals surface area contributed by atoms with Crippen LogP contribution >= 0.6 is 11.3 Å². The van der Waals surface area contributed by atoms with Crippen molar-refractivity contribution in [3.05, 3.63) is 82.8 Å². The van der Waals surface area contributed by atoms with Crippen LogP contribution in [0.2, 0.25) is 0 Å². The predicted octanol–water partition coefficient (Wildman–Crippen LogP) is 5.09. The number of aromatic nitrogens is 2. The maximum atomic E-state index is 15.6. The molecule has 0 radical (unpaired) electrons. The Morgan fingerprint density at radius 3 is 2.74 bits per heavy atom. The molecule has 0 bridgehead atoms. The molecule has 220 valence electrons. The van der Waals surface area contributed by atoms with Gasteiger partial charge in [0.25, 0.3) is 0 Å². The van der Waals surface area contributed by atoms with Crippen LogP contribution < -0.4 is 4.72 Å². The van der Waals surface area contributed by atoms with E-state index >= 15 is 4.39 Å². The highest BCUT2D eigenvalue weighted by Gasteiger charge is 2.40. The summed E-state index contributed by atoms with van der Waals surface area (Å²) in [5, 5.41) is 9.60. The smallest absolute Gasteiger partial charge is 0.349 e. The number of ether oxygens (including phenoxy) is 1. The first-order valence-electron chi connectivity index (χ1n) is 12.8. The molecule has 1 aliphatic heterocycles. The van der Waals surface area contributed by atoms with Crippen molar-refractivity contribution in [2.24, 2.45) is 4.99 Å². The summed E-state index contributed by atoms with van der Waals surface area (Å²) in [5.74, 6) is -1.11. The molecule has 4 rings (SSSR count). The van der Waals surface area contributed by atoms with Crippen LogP contribution in [-0.2, 0) is 14.8 Å². The number of carbonyl (C=O) groups excluding carboxylic acids is 1. The minimum absolute atomic E-state index is 0.100. The Balaban J connectivity index is 1.77. The molecular formula is C29H29F2N5O4S2. The van der Waals surface area contributed by atoms with Crippen molar-refractivity contribution in [2.45, 2.75) is 44.2 Å². The fourth-order valence-corrected chi connectivity index (χ4v) is 7.01. The molecule has 3 heterocycles. The van der Waals surface area contributed by atoms with E-state index in [-0.39, 0.29) is 40.4 Å². The molecule has 3 unspecified atom stereocenters. The normalized spacial score (nSPS) is 17.3. The topological polar surface area (TPSA) is 126 Å². The number of methoxy groups -OCH3 is 1. The lowest BCUT2D eigenvalue weighted by Gasteiger charge is -2.32. The summed E-state index contributed by atoms with van der Waals surface area (Å²) in [5.41, 5.74) is -0.481. The molecule has 0 fully saturated rings. The summed E-state index contributed by atoms with van der Waals surface area (Å²) in [6.45, 7) is 11.5. The number of allylic oxidation sites excluding steroid dienone is 2. The van der Waals surface area contributed by atoms with Crippen LogP contribution in [0.25, 0.3) is 16.0 Å². The standard InChI is InChI=1S/C29H29F2N5O4S2/c1-7-10-29(31,16(2)3)18(5)35-42(38,39)19-8-9-23(33-14-19)26-21(13-32)20-12-22(30)17(4)11-24(20)36(26)28-34-15-25(41-28)27(37)40-6/h7-9,11-12,15,18-19,35H,1-2,10,14H2,3-6H3. The summed E-state index contributed by atoms with van der Waals surface area (Å²) in [4.78, 5) is 21.2. The average Bonchev–Trinajstić information content (AvgIpc) is 3.55. The van der Waals surface area contributed by atoms with E-state index in [2.05, 4.69) is 33.9 Å². The van der Waals surface area contributed by atoms with Crippen LogP contribution in [-0.4, -0.2) is 60.3 Å². The van der Waals surface area contributed by atoms with Crippen LogP contribution in [0.15, 0.2) is 60.3 Å². The lowest BCUT2D eigenvalue weighted by Crippen LogP contribution is -2.51. The molecule has 1 aliphatic rings. The van der Waals surface area contributed by atoms with E-state index in [1.54, 1.807) is 17.6 Å². The molecule has 2 aromatic heterocycles. The summed E-state index contributed by atoms with van der Waals surface area (Å²) in [7, 11) is -2.85. The van der Waals surface area contributed by atoms with Gasteiger partial charge in [0.15, 0.2) is 10.8 Å². The average molecular weight is 614 g/mol. The number of dihydropyridines is 1. The highest BCUT2D eigenvalue weighted by molar-refractivity contribution is 7.90. The molecule has 0 saturated heterocycles. The second-order valence-electron chi connectivity index (χ2n) is 9.93. The Hall–Kier alpha value is -3.99. The number of esters is 1. The number of benzene rings is 1. The molecule has 42 heavy (non-hydrogen) atoms. The summed E-state index contributed by atoms with van der Waals surface area (Å²) in [6.07, 6.45) is 5.44. The third-order valence-corrected chi connectivity index (χ3v) is 9.91. The minimum Gasteiger partial charge on any atom is -0.465 e. The second kappa shape index (κ2) is 11.7. The van der Waals surface area contributed by atoms with E-state index in [4.69, 9.17) is 4.74 Å². The van der Waals surface area contributed by atoms with Crippen LogP contribution in [0.1, 0.15) is 46.8 Å². The number of halogens is 2. The Kier molecular flexibility index (Phi) is 8.63. The van der Waals surface area contributed by atoms with Gasteiger partial charge in [-0.05, 0) is 50.1 Å². The van der Waals surface area contributed by atoms with Gasteiger partial charge in [0, 0.05) is 11.8 Å². The van der Waals surface area contributed by atoms with Crippen LogP contribution in [0.4, 0.5) is 8.78 Å². The Morgan fingerprint density at radius 1 is 1.45 bits per heavy atom. The largest absolute Gasteiger partial charge is 0.465 e. The van der Waals surface area contributed by atoms with Crippen LogP contribution in [0.3, 0.4) is 0 Å². The van der Waals surface area contributed by atoms with Crippen molar-refractivity contribution in [1.82, 2.24) is 14.3 Å². The summed E-state index contributed by atoms with van der Waals surface area (Å²) < 4.78 is 65.5. The van der Waals surface area contributed by atoms with E-state index in [0.29, 0.717) is 21.6 Å².